The molecule has 0 spiro atoms. The van der Waals surface area contributed by atoms with Gasteiger partial charge in [-0.25, -0.2) is 4.98 Å². The molecule has 24 heavy (non-hydrogen) atoms. The van der Waals surface area contributed by atoms with Crippen LogP contribution in [-0.2, 0) is 11.2 Å². The Morgan fingerprint density at radius 3 is 3.12 bits per heavy atom. The van der Waals surface area contributed by atoms with Crippen molar-refractivity contribution in [3.63, 3.8) is 0 Å². The molecule has 126 valence electrons. The number of nitrogens with one attached hydrogen (secondary N) is 1. The summed E-state index contributed by atoms with van der Waals surface area (Å²) < 4.78 is 5.63. The van der Waals surface area contributed by atoms with Crippen LogP contribution in [0.4, 0.5) is 0 Å². The first-order valence-electron chi connectivity index (χ1n) is 7.95. The fraction of sp³-hybridized carbons (Fsp3) is 0.412. The van der Waals surface area contributed by atoms with Crippen LogP contribution < -0.4 is 5.56 Å². The predicted octanol–water partition coefficient (Wildman–Crippen LogP) is 0.805. The number of nitrogens with zero attached hydrogens (tertiary/aromatic N) is 3. The van der Waals surface area contributed by atoms with Crippen molar-refractivity contribution in [2.24, 2.45) is 5.92 Å². The van der Waals surface area contributed by atoms with Crippen LogP contribution in [0.1, 0.15) is 21.7 Å². The van der Waals surface area contributed by atoms with Crippen LogP contribution in [0.25, 0.3) is 0 Å². The van der Waals surface area contributed by atoms with Crippen LogP contribution in [0, 0.1) is 12.8 Å². The molecule has 3 heterocycles. The Bertz CT molecular complexity index is 774. The van der Waals surface area contributed by atoms with Crippen molar-refractivity contribution in [2.75, 3.05) is 26.3 Å². The highest BCUT2D eigenvalue weighted by Crippen LogP contribution is 2.15. The van der Waals surface area contributed by atoms with Gasteiger partial charge in [-0.1, -0.05) is 0 Å². The van der Waals surface area contributed by atoms with Crippen molar-refractivity contribution in [1.29, 1.82) is 0 Å². The third-order valence-electron chi connectivity index (χ3n) is 4.09. The van der Waals surface area contributed by atoms with E-state index in [1.165, 1.54) is 12.4 Å². The monoisotopic (exact) mass is 328 g/mol. The van der Waals surface area contributed by atoms with E-state index in [9.17, 15) is 9.59 Å². The standard InChI is InChI=1S/C17H20N4O3/c1-12-15(3-2-4-18-12)17(23)21-5-6-24-10-13(9-21)7-14-8-16(22)20-11-19-14/h2-4,8,11,13H,5-7,9-10H2,1H3,(H,19,20,22). The van der Waals surface area contributed by atoms with E-state index in [1.54, 1.807) is 23.2 Å². The average molecular weight is 328 g/mol. The molecule has 2 aromatic rings. The molecule has 1 unspecified atom stereocenters. The van der Waals surface area contributed by atoms with Crippen molar-refractivity contribution in [2.45, 2.75) is 13.3 Å². The van der Waals surface area contributed by atoms with E-state index in [4.69, 9.17) is 4.74 Å². The molecule has 3 rings (SSSR count). The van der Waals surface area contributed by atoms with Gasteiger partial charge in [0.1, 0.15) is 0 Å². The van der Waals surface area contributed by atoms with Crippen LogP contribution in [0.15, 0.2) is 35.5 Å². The van der Waals surface area contributed by atoms with E-state index >= 15 is 0 Å². The van der Waals surface area contributed by atoms with Crippen LogP contribution >= 0.6 is 0 Å². The number of aryl methyl sites for hydroxylation is 1. The first-order chi connectivity index (χ1) is 11.6. The van der Waals surface area contributed by atoms with Gasteiger partial charge in [-0.2, -0.15) is 0 Å². The first-order valence-corrected chi connectivity index (χ1v) is 7.95. The predicted molar refractivity (Wildman–Crippen MR) is 87.7 cm³/mol. The van der Waals surface area contributed by atoms with Gasteiger partial charge in [0.2, 0.25) is 0 Å². The lowest BCUT2D eigenvalue weighted by molar-refractivity contribution is 0.0736. The molecule has 1 amide bonds. The minimum atomic E-state index is -0.173. The third-order valence-corrected chi connectivity index (χ3v) is 4.09. The number of H-pyrrole nitrogens is 1. The summed E-state index contributed by atoms with van der Waals surface area (Å²) in [5.41, 5.74) is 1.88. The van der Waals surface area contributed by atoms with E-state index in [1.807, 2.05) is 6.92 Å². The highest BCUT2D eigenvalue weighted by atomic mass is 16.5. The number of aromatic amines is 1. The summed E-state index contributed by atoms with van der Waals surface area (Å²) in [5, 5.41) is 0. The van der Waals surface area contributed by atoms with Gasteiger partial charge in [-0.3, -0.25) is 14.6 Å². The fourth-order valence-electron chi connectivity index (χ4n) is 2.89. The van der Waals surface area contributed by atoms with Gasteiger partial charge >= 0.3 is 0 Å². The zero-order chi connectivity index (χ0) is 16.9. The zero-order valence-corrected chi connectivity index (χ0v) is 13.6. The number of ether oxygens (including phenoxy) is 1. The van der Waals surface area contributed by atoms with Gasteiger partial charge in [0, 0.05) is 42.7 Å². The number of aromatic nitrogens is 3. The van der Waals surface area contributed by atoms with Crippen molar-refractivity contribution >= 4 is 5.91 Å². The molecule has 1 saturated heterocycles. The molecule has 0 saturated carbocycles. The van der Waals surface area contributed by atoms with Crippen molar-refractivity contribution in [3.05, 3.63) is 58.0 Å². The Kier molecular flexibility index (Phi) is 5.00. The maximum Gasteiger partial charge on any atom is 0.255 e. The quantitative estimate of drug-likeness (QED) is 0.900. The Hall–Kier alpha value is -2.54. The number of hydrogen-bond donors (Lipinski definition) is 1. The lowest BCUT2D eigenvalue weighted by Crippen LogP contribution is -2.37. The molecule has 1 aliphatic rings. The Balaban J connectivity index is 1.74. The summed E-state index contributed by atoms with van der Waals surface area (Å²) in [4.78, 5) is 36.9. The summed E-state index contributed by atoms with van der Waals surface area (Å²) in [7, 11) is 0. The maximum absolute atomic E-state index is 12.8. The topological polar surface area (TPSA) is 88.2 Å². The van der Waals surface area contributed by atoms with Crippen LogP contribution in [0.3, 0.4) is 0 Å². The van der Waals surface area contributed by atoms with Crippen molar-refractivity contribution < 1.29 is 9.53 Å². The molecule has 7 heteroatoms. The highest BCUT2D eigenvalue weighted by Gasteiger charge is 2.25. The molecule has 7 nitrogen and oxygen atoms in total. The fourth-order valence-corrected chi connectivity index (χ4v) is 2.89. The number of amides is 1. The average Bonchev–Trinajstić information content (AvgIpc) is 2.80. The number of carbonyl (C=O) groups is 1. The molecular formula is C17H20N4O3. The number of carbonyl (C=O) groups excluding carboxylic acids is 1. The Morgan fingerprint density at radius 1 is 1.46 bits per heavy atom. The zero-order valence-electron chi connectivity index (χ0n) is 13.6. The second kappa shape index (κ2) is 7.35. The van der Waals surface area contributed by atoms with Gasteiger partial charge in [-0.15, -0.1) is 0 Å². The third kappa shape index (κ3) is 3.86. The highest BCUT2D eigenvalue weighted by molar-refractivity contribution is 5.95. The molecule has 1 N–H and O–H groups in total. The van der Waals surface area contributed by atoms with Crippen LogP contribution in [-0.4, -0.2) is 52.1 Å². The lowest BCUT2D eigenvalue weighted by atomic mass is 10.0. The van der Waals surface area contributed by atoms with E-state index < -0.39 is 0 Å². The number of hydrogen-bond acceptors (Lipinski definition) is 5. The normalized spacial score (nSPS) is 18.2. The summed E-state index contributed by atoms with van der Waals surface area (Å²) in [6.07, 6.45) is 3.68. The molecule has 0 aromatic carbocycles. The molecule has 2 aromatic heterocycles. The van der Waals surface area contributed by atoms with Gasteiger partial charge in [0.15, 0.2) is 0 Å². The SMILES string of the molecule is Cc1ncccc1C(=O)N1CCOCC(Cc2cc(=O)[nH]cn2)C1. The Morgan fingerprint density at radius 2 is 2.33 bits per heavy atom. The molecule has 1 aliphatic heterocycles. The van der Waals surface area contributed by atoms with Gasteiger partial charge in [0.25, 0.3) is 11.5 Å². The summed E-state index contributed by atoms with van der Waals surface area (Å²) in [5.74, 6) is 0.0673. The Labute approximate surface area is 139 Å². The van der Waals surface area contributed by atoms with E-state index in [0.29, 0.717) is 44.0 Å². The summed E-state index contributed by atoms with van der Waals surface area (Å²) >= 11 is 0. The minimum Gasteiger partial charge on any atom is -0.379 e. The minimum absolute atomic E-state index is 0.0324. The van der Waals surface area contributed by atoms with Crippen molar-refractivity contribution in [3.8, 4) is 0 Å². The van der Waals surface area contributed by atoms with Gasteiger partial charge in [-0.05, 0) is 25.5 Å². The second-order valence-corrected chi connectivity index (χ2v) is 5.94. The van der Waals surface area contributed by atoms with E-state index in [-0.39, 0.29) is 17.4 Å². The molecule has 0 bridgehead atoms. The van der Waals surface area contributed by atoms with Crippen LogP contribution in [0.5, 0.6) is 0 Å². The summed E-state index contributed by atoms with van der Waals surface area (Å²) in [6, 6.07) is 5.05. The molecule has 0 radical (unpaired) electrons. The molecule has 1 fully saturated rings. The van der Waals surface area contributed by atoms with Crippen molar-refractivity contribution in [1.82, 2.24) is 19.9 Å². The van der Waals surface area contributed by atoms with Gasteiger partial charge in [0.05, 0.1) is 25.1 Å². The second-order valence-electron chi connectivity index (χ2n) is 5.94. The maximum atomic E-state index is 12.8. The van der Waals surface area contributed by atoms with E-state index in [2.05, 4.69) is 15.0 Å². The largest absolute Gasteiger partial charge is 0.379 e. The molecular weight excluding hydrogens is 308 g/mol. The molecule has 0 aliphatic carbocycles. The number of pyridine rings is 1. The lowest BCUT2D eigenvalue weighted by Gasteiger charge is -2.24. The first kappa shape index (κ1) is 16.3. The number of rotatable bonds is 3. The van der Waals surface area contributed by atoms with Crippen LogP contribution in [0.2, 0.25) is 0 Å². The van der Waals surface area contributed by atoms with E-state index in [0.717, 1.165) is 5.69 Å². The van der Waals surface area contributed by atoms with Gasteiger partial charge < -0.3 is 14.6 Å². The smallest absolute Gasteiger partial charge is 0.255 e. The molecule has 1 atom stereocenters. The summed E-state index contributed by atoms with van der Waals surface area (Å²) in [6.45, 7) is 4.00.